The summed E-state index contributed by atoms with van der Waals surface area (Å²) in [6, 6.07) is -0.797. The minimum Gasteiger partial charge on any atom is -0.477 e. The van der Waals surface area contributed by atoms with Crippen LogP contribution in [-0.4, -0.2) is 81.8 Å². The van der Waals surface area contributed by atoms with Gasteiger partial charge in [0.1, 0.15) is 5.70 Å². The third-order valence-electron chi connectivity index (χ3n) is 6.15. The molecule has 0 spiro atoms. The standard InChI is InChI=1S/C20H32N4O6S/c1-9-14-13(10(2)25)17(26)24(14)15(18(27)28)16(9)31-12-5-11(22-6-12)7-30-20(3,4)8-23-19(21)29/h9-14,22,25H,5-8H2,1-4H3,(H,27,28)(H3,21,23,29)/t9-,10-,11+,12+,13-,14-/m1/s1. The van der Waals surface area contributed by atoms with Crippen molar-refractivity contribution < 1.29 is 29.3 Å². The van der Waals surface area contributed by atoms with E-state index in [2.05, 4.69) is 10.6 Å². The summed E-state index contributed by atoms with van der Waals surface area (Å²) >= 11 is 1.51. The summed E-state index contributed by atoms with van der Waals surface area (Å²) in [5.74, 6) is -2.12. The third-order valence-corrected chi connectivity index (χ3v) is 7.66. The number of fused-ring (bicyclic) bond motifs is 1. The van der Waals surface area contributed by atoms with Crippen LogP contribution in [0.3, 0.4) is 0 Å². The topological polar surface area (TPSA) is 154 Å². The fraction of sp³-hybridized carbons (Fsp3) is 0.750. The quantitative estimate of drug-likeness (QED) is 0.305. The summed E-state index contributed by atoms with van der Waals surface area (Å²) in [5, 5.41) is 25.8. The minimum atomic E-state index is -1.11. The lowest BCUT2D eigenvalue weighted by molar-refractivity contribution is -0.163. The van der Waals surface area contributed by atoms with Gasteiger partial charge in [-0.3, -0.25) is 4.79 Å². The molecule has 0 bridgehead atoms. The predicted octanol–water partition coefficient (Wildman–Crippen LogP) is 0.0673. The number of amides is 3. The summed E-state index contributed by atoms with van der Waals surface area (Å²) in [6.07, 6.45) is -0.0244. The molecule has 3 rings (SSSR count). The molecule has 3 aliphatic rings. The van der Waals surface area contributed by atoms with Crippen LogP contribution in [0.1, 0.15) is 34.1 Å². The van der Waals surface area contributed by atoms with Crippen molar-refractivity contribution >= 4 is 29.7 Å². The molecular formula is C20H32N4O6S. The molecule has 0 unspecified atom stereocenters. The van der Waals surface area contributed by atoms with Gasteiger partial charge in [0.25, 0.3) is 0 Å². The highest BCUT2D eigenvalue weighted by molar-refractivity contribution is 8.03. The molecule has 0 aliphatic carbocycles. The van der Waals surface area contributed by atoms with Gasteiger partial charge in [-0.15, -0.1) is 11.8 Å². The van der Waals surface area contributed by atoms with Crippen LogP contribution in [0.15, 0.2) is 10.6 Å². The Hall–Kier alpha value is -1.82. The van der Waals surface area contributed by atoms with E-state index in [4.69, 9.17) is 10.5 Å². The number of primary amides is 1. The van der Waals surface area contributed by atoms with Gasteiger partial charge >= 0.3 is 12.0 Å². The molecule has 174 valence electrons. The first-order valence-electron chi connectivity index (χ1n) is 10.5. The second kappa shape index (κ2) is 8.97. The van der Waals surface area contributed by atoms with Crippen LogP contribution >= 0.6 is 11.8 Å². The van der Waals surface area contributed by atoms with E-state index < -0.39 is 29.6 Å². The van der Waals surface area contributed by atoms with Crippen molar-refractivity contribution in [2.24, 2.45) is 17.6 Å². The van der Waals surface area contributed by atoms with Crippen LogP contribution in [0.2, 0.25) is 0 Å². The van der Waals surface area contributed by atoms with Gasteiger partial charge in [-0.2, -0.15) is 0 Å². The van der Waals surface area contributed by atoms with Crippen LogP contribution in [0.5, 0.6) is 0 Å². The van der Waals surface area contributed by atoms with E-state index in [1.807, 2.05) is 20.8 Å². The third kappa shape index (κ3) is 4.84. The Bertz CT molecular complexity index is 786. The SMILES string of the molecule is C[C@@H](O)[C@H]1C(=O)N2C(C(=O)O)=C(S[C@@H]3CN[C@H](COC(C)(C)CNC(N)=O)C3)[C@H](C)[C@H]12. The number of nitrogens with two attached hydrogens (primary N) is 1. The number of carboxylic acids is 1. The van der Waals surface area contributed by atoms with E-state index >= 15 is 0 Å². The maximum absolute atomic E-state index is 12.5. The number of carboxylic acid groups (broad SMARTS) is 1. The van der Waals surface area contributed by atoms with Gasteiger partial charge in [-0.05, 0) is 27.2 Å². The molecule has 3 aliphatic heterocycles. The molecule has 0 aromatic rings. The number of carbonyl (C=O) groups excluding carboxylic acids is 2. The Morgan fingerprint density at radius 3 is 2.71 bits per heavy atom. The van der Waals surface area contributed by atoms with E-state index in [-0.39, 0.29) is 34.9 Å². The zero-order chi connectivity index (χ0) is 23.1. The van der Waals surface area contributed by atoms with E-state index in [1.165, 1.54) is 16.7 Å². The lowest BCUT2D eigenvalue weighted by Gasteiger charge is -2.46. The zero-order valence-electron chi connectivity index (χ0n) is 18.3. The summed E-state index contributed by atoms with van der Waals surface area (Å²) in [5.41, 5.74) is 4.60. The number of hydrogen-bond acceptors (Lipinski definition) is 7. The number of carbonyl (C=O) groups is 3. The number of aliphatic hydroxyl groups is 1. The molecular weight excluding hydrogens is 424 g/mol. The molecule has 6 atom stereocenters. The summed E-state index contributed by atoms with van der Waals surface area (Å²) < 4.78 is 5.93. The predicted molar refractivity (Wildman–Crippen MR) is 115 cm³/mol. The van der Waals surface area contributed by atoms with Gasteiger partial charge in [0, 0.05) is 35.2 Å². The number of nitrogens with zero attached hydrogens (tertiary/aromatic N) is 1. The average molecular weight is 457 g/mol. The molecule has 0 saturated carbocycles. The molecule has 3 heterocycles. The number of nitrogens with one attached hydrogen (secondary N) is 2. The number of hydrogen-bond donors (Lipinski definition) is 5. The van der Waals surface area contributed by atoms with E-state index in [0.717, 1.165) is 6.42 Å². The van der Waals surface area contributed by atoms with Crippen molar-refractivity contribution in [2.45, 2.75) is 63.2 Å². The average Bonchev–Trinajstić information content (AvgIpc) is 3.20. The van der Waals surface area contributed by atoms with Crippen LogP contribution in [-0.2, 0) is 14.3 Å². The summed E-state index contributed by atoms with van der Waals surface area (Å²) in [6.45, 7) is 8.68. The number of ether oxygens (including phenoxy) is 1. The van der Waals surface area contributed by atoms with Crippen molar-refractivity contribution in [1.29, 1.82) is 0 Å². The van der Waals surface area contributed by atoms with Crippen molar-refractivity contribution in [2.75, 3.05) is 19.7 Å². The Morgan fingerprint density at radius 2 is 2.13 bits per heavy atom. The fourth-order valence-corrected chi connectivity index (χ4v) is 6.05. The van der Waals surface area contributed by atoms with Crippen LogP contribution in [0, 0.1) is 11.8 Å². The molecule has 3 amide bonds. The van der Waals surface area contributed by atoms with Gasteiger partial charge in [-0.25, -0.2) is 9.59 Å². The molecule has 0 radical (unpaired) electrons. The highest BCUT2D eigenvalue weighted by Crippen LogP contribution is 2.51. The molecule has 10 nitrogen and oxygen atoms in total. The largest absolute Gasteiger partial charge is 0.477 e. The van der Waals surface area contributed by atoms with Crippen LogP contribution < -0.4 is 16.4 Å². The number of aliphatic hydroxyl groups excluding tert-OH is 1. The fourth-order valence-electron chi connectivity index (χ4n) is 4.53. The second-order valence-corrected chi connectivity index (χ2v) is 10.5. The van der Waals surface area contributed by atoms with Crippen LogP contribution in [0.25, 0.3) is 0 Å². The first-order chi connectivity index (χ1) is 14.4. The Morgan fingerprint density at radius 1 is 1.45 bits per heavy atom. The maximum Gasteiger partial charge on any atom is 0.353 e. The van der Waals surface area contributed by atoms with Crippen LogP contribution in [0.4, 0.5) is 4.79 Å². The highest BCUT2D eigenvalue weighted by Gasteiger charge is 2.60. The Labute approximate surface area is 185 Å². The van der Waals surface area contributed by atoms with Crippen molar-refractivity contribution in [3.63, 3.8) is 0 Å². The van der Waals surface area contributed by atoms with Gasteiger partial charge in [0.15, 0.2) is 0 Å². The highest BCUT2D eigenvalue weighted by atomic mass is 32.2. The lowest BCUT2D eigenvalue weighted by atomic mass is 9.79. The zero-order valence-corrected chi connectivity index (χ0v) is 19.1. The first kappa shape index (κ1) is 23.8. The molecule has 2 saturated heterocycles. The minimum absolute atomic E-state index is 0.0581. The van der Waals surface area contributed by atoms with Crippen molar-refractivity contribution in [1.82, 2.24) is 15.5 Å². The molecule has 2 fully saturated rings. The Kier molecular flexibility index (Phi) is 6.90. The molecule has 31 heavy (non-hydrogen) atoms. The molecule has 11 heteroatoms. The molecule has 0 aromatic heterocycles. The first-order valence-corrected chi connectivity index (χ1v) is 11.4. The molecule has 6 N–H and O–H groups in total. The number of rotatable bonds is 9. The van der Waals surface area contributed by atoms with Gasteiger partial charge in [0.2, 0.25) is 5.91 Å². The van der Waals surface area contributed by atoms with E-state index in [9.17, 15) is 24.6 Å². The number of aliphatic carboxylic acids is 1. The number of thioether (sulfide) groups is 1. The normalized spacial score (nSPS) is 31.5. The Balaban J connectivity index is 1.60. The maximum atomic E-state index is 12.5. The van der Waals surface area contributed by atoms with Crippen molar-refractivity contribution in [3.8, 4) is 0 Å². The summed E-state index contributed by atoms with van der Waals surface area (Å²) in [4.78, 5) is 37.3. The lowest BCUT2D eigenvalue weighted by Crippen LogP contribution is -2.63. The van der Waals surface area contributed by atoms with Gasteiger partial charge < -0.3 is 36.2 Å². The number of β-lactam (4-membered cyclic amide) rings is 1. The van der Waals surface area contributed by atoms with Gasteiger partial charge in [-0.1, -0.05) is 6.92 Å². The summed E-state index contributed by atoms with van der Waals surface area (Å²) in [7, 11) is 0. The number of urea groups is 1. The molecule has 0 aromatic carbocycles. The van der Waals surface area contributed by atoms with Crippen molar-refractivity contribution in [3.05, 3.63) is 10.6 Å². The smallest absolute Gasteiger partial charge is 0.353 e. The monoisotopic (exact) mass is 456 g/mol. The van der Waals surface area contributed by atoms with E-state index in [1.54, 1.807) is 6.92 Å². The second-order valence-electron chi connectivity index (χ2n) is 9.14. The van der Waals surface area contributed by atoms with E-state index in [0.29, 0.717) is 24.6 Å². The van der Waals surface area contributed by atoms with Gasteiger partial charge in [0.05, 0.1) is 30.3 Å².